The summed E-state index contributed by atoms with van der Waals surface area (Å²) in [7, 11) is 0. The molecule has 0 saturated carbocycles. The van der Waals surface area contributed by atoms with Crippen molar-refractivity contribution in [3.63, 3.8) is 0 Å². The average Bonchev–Trinajstić information content (AvgIpc) is 2.89. The molecule has 2 aromatic rings. The molecule has 1 unspecified atom stereocenters. The van der Waals surface area contributed by atoms with Crippen LogP contribution in [0.5, 0.6) is 0 Å². The molecule has 3 rings (SSSR count). The quantitative estimate of drug-likeness (QED) is 0.917. The molecule has 0 aliphatic carbocycles. The van der Waals surface area contributed by atoms with Crippen LogP contribution in [0, 0.1) is 6.92 Å². The van der Waals surface area contributed by atoms with Gasteiger partial charge in [0.15, 0.2) is 0 Å². The van der Waals surface area contributed by atoms with Gasteiger partial charge in [-0.05, 0) is 49.6 Å². The van der Waals surface area contributed by atoms with E-state index in [1.807, 2.05) is 6.20 Å². The van der Waals surface area contributed by atoms with Gasteiger partial charge < -0.3 is 5.32 Å². The first-order valence-electron chi connectivity index (χ1n) is 6.75. The maximum absolute atomic E-state index is 4.54. The first-order valence-corrected chi connectivity index (χ1v) is 7.55. The van der Waals surface area contributed by atoms with E-state index in [0.29, 0.717) is 6.04 Å². The van der Waals surface area contributed by atoms with Gasteiger partial charge in [-0.25, -0.2) is 0 Å². The standard InChI is InChI=1S/C15H18BrN3/c1-11-7-13(16)4-5-15(11)12-8-18-19(10-12)14-3-2-6-17-9-14/h4-5,7-8,10,14,17H,2-3,6,9H2,1H3. The van der Waals surface area contributed by atoms with Gasteiger partial charge in [-0.1, -0.05) is 22.0 Å². The van der Waals surface area contributed by atoms with Crippen LogP contribution in [0.3, 0.4) is 0 Å². The first-order chi connectivity index (χ1) is 9.24. The summed E-state index contributed by atoms with van der Waals surface area (Å²) >= 11 is 3.51. The fraction of sp³-hybridized carbons (Fsp3) is 0.400. The molecule has 1 N–H and O–H groups in total. The van der Waals surface area contributed by atoms with Crippen molar-refractivity contribution in [2.24, 2.45) is 0 Å². The Balaban J connectivity index is 1.87. The van der Waals surface area contributed by atoms with E-state index in [1.54, 1.807) is 0 Å². The molecule has 4 heteroatoms. The van der Waals surface area contributed by atoms with Gasteiger partial charge in [-0.2, -0.15) is 5.10 Å². The summed E-state index contributed by atoms with van der Waals surface area (Å²) in [6.45, 7) is 4.30. The minimum atomic E-state index is 0.498. The normalized spacial score (nSPS) is 19.6. The molecule has 1 aliphatic rings. The molecule has 19 heavy (non-hydrogen) atoms. The molecule has 1 aromatic heterocycles. The van der Waals surface area contributed by atoms with Crippen LogP contribution in [0.2, 0.25) is 0 Å². The van der Waals surface area contributed by atoms with Gasteiger partial charge in [0, 0.05) is 22.8 Å². The van der Waals surface area contributed by atoms with Crippen molar-refractivity contribution >= 4 is 15.9 Å². The number of rotatable bonds is 2. The number of nitrogens with one attached hydrogen (secondary N) is 1. The summed E-state index contributed by atoms with van der Waals surface area (Å²) in [5.74, 6) is 0. The Morgan fingerprint density at radius 2 is 2.32 bits per heavy atom. The van der Waals surface area contributed by atoms with E-state index in [4.69, 9.17) is 0 Å². The average molecular weight is 320 g/mol. The third-order valence-corrected chi connectivity index (χ3v) is 4.24. The van der Waals surface area contributed by atoms with E-state index < -0.39 is 0 Å². The van der Waals surface area contributed by atoms with E-state index in [1.165, 1.54) is 29.5 Å². The number of aromatic nitrogens is 2. The largest absolute Gasteiger partial charge is 0.315 e. The van der Waals surface area contributed by atoms with Crippen LogP contribution < -0.4 is 5.32 Å². The summed E-state index contributed by atoms with van der Waals surface area (Å²) in [6.07, 6.45) is 6.60. The van der Waals surface area contributed by atoms with Gasteiger partial charge in [-0.3, -0.25) is 4.68 Å². The van der Waals surface area contributed by atoms with Crippen molar-refractivity contribution in [2.75, 3.05) is 13.1 Å². The minimum absolute atomic E-state index is 0.498. The molecule has 1 fully saturated rings. The molecule has 0 bridgehead atoms. The third kappa shape index (κ3) is 2.74. The Bertz CT molecular complexity index is 571. The lowest BCUT2D eigenvalue weighted by Gasteiger charge is -2.22. The minimum Gasteiger partial charge on any atom is -0.315 e. The highest BCUT2D eigenvalue weighted by molar-refractivity contribution is 9.10. The monoisotopic (exact) mass is 319 g/mol. The highest BCUT2D eigenvalue weighted by Gasteiger charge is 2.16. The van der Waals surface area contributed by atoms with Crippen LogP contribution in [0.15, 0.2) is 35.1 Å². The van der Waals surface area contributed by atoms with Crippen molar-refractivity contribution in [1.82, 2.24) is 15.1 Å². The number of nitrogens with zero attached hydrogens (tertiary/aromatic N) is 2. The van der Waals surface area contributed by atoms with Gasteiger partial charge in [0.25, 0.3) is 0 Å². The van der Waals surface area contributed by atoms with Crippen LogP contribution in [-0.2, 0) is 0 Å². The van der Waals surface area contributed by atoms with Gasteiger partial charge >= 0.3 is 0 Å². The summed E-state index contributed by atoms with van der Waals surface area (Å²) in [5.41, 5.74) is 3.74. The number of benzene rings is 1. The Hall–Kier alpha value is -1.13. The van der Waals surface area contributed by atoms with Crippen LogP contribution in [0.4, 0.5) is 0 Å². The Morgan fingerprint density at radius 1 is 1.42 bits per heavy atom. The maximum atomic E-state index is 4.54. The number of hydrogen-bond acceptors (Lipinski definition) is 2. The number of piperidine rings is 1. The zero-order chi connectivity index (χ0) is 13.2. The summed E-state index contributed by atoms with van der Waals surface area (Å²) in [5, 5.41) is 7.98. The Labute approximate surface area is 122 Å². The molecular weight excluding hydrogens is 302 g/mol. The van der Waals surface area contributed by atoms with Crippen LogP contribution in [-0.4, -0.2) is 22.9 Å². The zero-order valence-electron chi connectivity index (χ0n) is 11.1. The SMILES string of the molecule is Cc1cc(Br)ccc1-c1cnn(C2CCCNC2)c1. The molecule has 100 valence electrons. The Morgan fingerprint density at radius 3 is 3.05 bits per heavy atom. The van der Waals surface area contributed by atoms with Gasteiger partial charge in [-0.15, -0.1) is 0 Å². The third-order valence-electron chi connectivity index (χ3n) is 3.75. The molecule has 2 heterocycles. The van der Waals surface area contributed by atoms with Crippen LogP contribution in [0.1, 0.15) is 24.4 Å². The predicted molar refractivity (Wildman–Crippen MR) is 81.2 cm³/mol. The molecule has 1 atom stereocenters. The molecule has 0 radical (unpaired) electrons. The molecule has 1 aliphatic heterocycles. The summed E-state index contributed by atoms with van der Waals surface area (Å²) in [4.78, 5) is 0. The lowest BCUT2D eigenvalue weighted by molar-refractivity contribution is 0.347. The van der Waals surface area contributed by atoms with Gasteiger partial charge in [0.1, 0.15) is 0 Å². The topological polar surface area (TPSA) is 29.9 Å². The smallest absolute Gasteiger partial charge is 0.0644 e. The zero-order valence-corrected chi connectivity index (χ0v) is 12.7. The predicted octanol–water partition coefficient (Wildman–Crippen LogP) is 3.55. The van der Waals surface area contributed by atoms with Crippen molar-refractivity contribution in [3.8, 4) is 11.1 Å². The second-order valence-corrected chi connectivity index (χ2v) is 6.08. The van der Waals surface area contributed by atoms with Gasteiger partial charge in [0.2, 0.25) is 0 Å². The summed E-state index contributed by atoms with van der Waals surface area (Å²) < 4.78 is 3.24. The van der Waals surface area contributed by atoms with E-state index in [0.717, 1.165) is 17.6 Å². The lowest BCUT2D eigenvalue weighted by atomic mass is 10.0. The van der Waals surface area contributed by atoms with Crippen molar-refractivity contribution in [1.29, 1.82) is 0 Å². The fourth-order valence-electron chi connectivity index (χ4n) is 2.69. The number of aryl methyl sites for hydroxylation is 1. The molecular formula is C15H18BrN3. The van der Waals surface area contributed by atoms with E-state index in [9.17, 15) is 0 Å². The molecule has 0 amide bonds. The van der Waals surface area contributed by atoms with E-state index >= 15 is 0 Å². The fourth-order valence-corrected chi connectivity index (χ4v) is 3.16. The number of halogens is 1. The Kier molecular flexibility index (Phi) is 3.71. The van der Waals surface area contributed by atoms with Crippen molar-refractivity contribution in [2.45, 2.75) is 25.8 Å². The molecule has 0 spiro atoms. The molecule has 3 nitrogen and oxygen atoms in total. The van der Waals surface area contributed by atoms with E-state index in [-0.39, 0.29) is 0 Å². The molecule has 1 saturated heterocycles. The number of hydrogen-bond donors (Lipinski definition) is 1. The first kappa shape index (κ1) is 12.9. The maximum Gasteiger partial charge on any atom is 0.0644 e. The lowest BCUT2D eigenvalue weighted by Crippen LogP contribution is -2.31. The van der Waals surface area contributed by atoms with Crippen LogP contribution >= 0.6 is 15.9 Å². The highest BCUT2D eigenvalue weighted by Crippen LogP contribution is 2.27. The highest BCUT2D eigenvalue weighted by atomic mass is 79.9. The van der Waals surface area contributed by atoms with Gasteiger partial charge in [0.05, 0.1) is 12.2 Å². The molecule has 1 aromatic carbocycles. The summed E-state index contributed by atoms with van der Waals surface area (Å²) in [6, 6.07) is 6.88. The van der Waals surface area contributed by atoms with E-state index in [2.05, 4.69) is 62.3 Å². The second-order valence-electron chi connectivity index (χ2n) is 5.17. The second kappa shape index (κ2) is 5.47. The van der Waals surface area contributed by atoms with Crippen molar-refractivity contribution < 1.29 is 0 Å². The van der Waals surface area contributed by atoms with Crippen LogP contribution in [0.25, 0.3) is 11.1 Å². The van der Waals surface area contributed by atoms with Crippen molar-refractivity contribution in [3.05, 3.63) is 40.6 Å².